The first kappa shape index (κ1) is 18.8. The lowest BCUT2D eigenvalue weighted by Crippen LogP contribution is -2.36. The number of amides is 2. The predicted octanol–water partition coefficient (Wildman–Crippen LogP) is 3.09. The topological polar surface area (TPSA) is 61.4 Å². The van der Waals surface area contributed by atoms with Gasteiger partial charge in [-0.2, -0.15) is 0 Å². The number of hydrogen-bond donors (Lipinski definition) is 2. The molecule has 0 aliphatic carbocycles. The third kappa shape index (κ3) is 5.80. The summed E-state index contributed by atoms with van der Waals surface area (Å²) in [5.41, 5.74) is 2.76. The van der Waals surface area contributed by atoms with Crippen LogP contribution in [0.25, 0.3) is 0 Å². The lowest BCUT2D eigenvalue weighted by atomic mass is 10.1. The molecule has 0 saturated heterocycles. The molecule has 2 aromatic rings. The highest BCUT2D eigenvalue weighted by molar-refractivity contribution is 6.41. The number of rotatable bonds is 6. The van der Waals surface area contributed by atoms with Crippen LogP contribution < -0.4 is 15.5 Å². The summed E-state index contributed by atoms with van der Waals surface area (Å²) in [7, 11) is 4.00. The van der Waals surface area contributed by atoms with Gasteiger partial charge in [0.05, 0.1) is 10.7 Å². The number of carbonyl (C=O) groups is 2. The summed E-state index contributed by atoms with van der Waals surface area (Å²) in [6.07, 6.45) is 1.59. The molecule has 0 spiro atoms. The summed E-state index contributed by atoms with van der Waals surface area (Å²) in [5.74, 6) is -1.38. The smallest absolute Gasteiger partial charge is 0.313 e. The Morgan fingerprint density at radius 3 is 2.32 bits per heavy atom. The van der Waals surface area contributed by atoms with Crippen molar-refractivity contribution in [3.05, 3.63) is 59.1 Å². The molecule has 0 fully saturated rings. The molecule has 132 valence electrons. The van der Waals surface area contributed by atoms with E-state index in [0.717, 1.165) is 18.5 Å². The minimum atomic E-state index is -0.719. The van der Waals surface area contributed by atoms with Crippen LogP contribution in [0.4, 0.5) is 11.4 Å². The molecule has 6 heteroatoms. The van der Waals surface area contributed by atoms with Gasteiger partial charge >= 0.3 is 11.8 Å². The van der Waals surface area contributed by atoms with Crippen molar-refractivity contribution in [3.63, 3.8) is 0 Å². The van der Waals surface area contributed by atoms with Gasteiger partial charge in [0.25, 0.3) is 0 Å². The van der Waals surface area contributed by atoms with Gasteiger partial charge in [-0.3, -0.25) is 9.59 Å². The van der Waals surface area contributed by atoms with Gasteiger partial charge in [0.1, 0.15) is 0 Å². The van der Waals surface area contributed by atoms with Crippen molar-refractivity contribution < 1.29 is 9.59 Å². The van der Waals surface area contributed by atoms with Gasteiger partial charge < -0.3 is 15.5 Å². The van der Waals surface area contributed by atoms with Gasteiger partial charge in [0.2, 0.25) is 0 Å². The summed E-state index contributed by atoms with van der Waals surface area (Å²) < 4.78 is 0. The highest BCUT2D eigenvalue weighted by Crippen LogP contribution is 2.20. The minimum absolute atomic E-state index is 0.393. The van der Waals surface area contributed by atoms with E-state index in [1.165, 1.54) is 5.56 Å². The maximum Gasteiger partial charge on any atom is 0.313 e. The van der Waals surface area contributed by atoms with Crippen LogP contribution in [-0.4, -0.2) is 32.5 Å². The van der Waals surface area contributed by atoms with Crippen molar-refractivity contribution in [3.8, 4) is 0 Å². The molecule has 0 aliphatic heterocycles. The quantitative estimate of drug-likeness (QED) is 0.615. The first-order chi connectivity index (χ1) is 12.0. The highest BCUT2D eigenvalue weighted by Gasteiger charge is 2.14. The van der Waals surface area contributed by atoms with Gasteiger partial charge in [-0.25, -0.2) is 0 Å². The van der Waals surface area contributed by atoms with E-state index < -0.39 is 11.8 Å². The number of aryl methyl sites for hydroxylation is 1. The second kappa shape index (κ2) is 9.08. The van der Waals surface area contributed by atoms with Gasteiger partial charge in [0.15, 0.2) is 0 Å². The Morgan fingerprint density at radius 2 is 1.68 bits per heavy atom. The third-order valence-corrected chi connectivity index (χ3v) is 4.04. The van der Waals surface area contributed by atoms with Gasteiger partial charge in [-0.15, -0.1) is 0 Å². The Hall–Kier alpha value is -2.53. The minimum Gasteiger partial charge on any atom is -0.378 e. The molecular weight excluding hydrogens is 338 g/mol. The molecule has 2 rings (SSSR count). The number of para-hydroxylation sites is 1. The lowest BCUT2D eigenvalue weighted by Gasteiger charge is -2.12. The maximum atomic E-state index is 11.8. The number of halogens is 1. The Morgan fingerprint density at radius 1 is 1.00 bits per heavy atom. The van der Waals surface area contributed by atoms with E-state index in [-0.39, 0.29) is 0 Å². The van der Waals surface area contributed by atoms with Crippen LogP contribution in [0.3, 0.4) is 0 Å². The second-order valence-corrected chi connectivity index (χ2v) is 6.26. The summed E-state index contributed by atoms with van der Waals surface area (Å²) in [6.45, 7) is 0.435. The Kier molecular flexibility index (Phi) is 6.83. The molecule has 25 heavy (non-hydrogen) atoms. The van der Waals surface area contributed by atoms with Crippen LogP contribution in [0.2, 0.25) is 5.02 Å². The van der Waals surface area contributed by atoms with E-state index >= 15 is 0 Å². The molecule has 2 aromatic carbocycles. The van der Waals surface area contributed by atoms with Gasteiger partial charge in [-0.1, -0.05) is 35.9 Å². The van der Waals surface area contributed by atoms with E-state index in [1.807, 2.05) is 19.0 Å². The van der Waals surface area contributed by atoms with Crippen molar-refractivity contribution in [1.29, 1.82) is 0 Å². The van der Waals surface area contributed by atoms with E-state index in [9.17, 15) is 9.59 Å². The second-order valence-electron chi connectivity index (χ2n) is 5.85. The van der Waals surface area contributed by atoms with Crippen molar-refractivity contribution in [2.24, 2.45) is 0 Å². The molecule has 0 saturated carbocycles. The van der Waals surface area contributed by atoms with Crippen molar-refractivity contribution in [1.82, 2.24) is 5.32 Å². The zero-order valence-corrected chi connectivity index (χ0v) is 15.1. The van der Waals surface area contributed by atoms with Gasteiger partial charge in [-0.05, 0) is 42.7 Å². The standard InChI is InChI=1S/C19H22ClN3O2/c1-23(2)15-11-9-14(10-12-15)6-5-13-21-18(24)19(25)22-17-8-4-3-7-16(17)20/h3-4,7-12H,5-6,13H2,1-2H3,(H,21,24)(H,22,25). The molecule has 2 N–H and O–H groups in total. The van der Waals surface area contributed by atoms with E-state index in [2.05, 4.69) is 34.9 Å². The van der Waals surface area contributed by atoms with Crippen LogP contribution in [0.1, 0.15) is 12.0 Å². The fourth-order valence-electron chi connectivity index (χ4n) is 2.28. The molecule has 0 heterocycles. The molecule has 2 amide bonds. The zero-order chi connectivity index (χ0) is 18.2. The maximum absolute atomic E-state index is 11.8. The van der Waals surface area contributed by atoms with Crippen LogP contribution in [0.5, 0.6) is 0 Å². The van der Waals surface area contributed by atoms with Crippen molar-refractivity contribution in [2.45, 2.75) is 12.8 Å². The molecule has 5 nitrogen and oxygen atoms in total. The average molecular weight is 360 g/mol. The van der Waals surface area contributed by atoms with E-state index in [4.69, 9.17) is 11.6 Å². The SMILES string of the molecule is CN(C)c1ccc(CCCNC(=O)C(=O)Nc2ccccc2Cl)cc1. The third-order valence-electron chi connectivity index (χ3n) is 3.71. The van der Waals surface area contributed by atoms with Crippen LogP contribution in [-0.2, 0) is 16.0 Å². The van der Waals surface area contributed by atoms with Gasteiger partial charge in [0, 0.05) is 26.3 Å². The van der Waals surface area contributed by atoms with Crippen LogP contribution in [0, 0.1) is 0 Å². The van der Waals surface area contributed by atoms with Crippen molar-refractivity contribution >= 4 is 34.8 Å². The molecule has 0 aliphatic rings. The molecular formula is C19H22ClN3O2. The number of anilines is 2. The summed E-state index contributed by atoms with van der Waals surface area (Å²) in [6, 6.07) is 15.0. The predicted molar refractivity (Wildman–Crippen MR) is 102 cm³/mol. The molecule has 0 radical (unpaired) electrons. The normalized spacial score (nSPS) is 10.2. The summed E-state index contributed by atoms with van der Waals surface area (Å²) >= 11 is 5.95. The molecule has 0 atom stereocenters. The van der Waals surface area contributed by atoms with Crippen molar-refractivity contribution in [2.75, 3.05) is 30.9 Å². The Labute approximate surface area is 153 Å². The first-order valence-corrected chi connectivity index (χ1v) is 8.45. The largest absolute Gasteiger partial charge is 0.378 e. The summed E-state index contributed by atoms with van der Waals surface area (Å²) in [4.78, 5) is 25.7. The fourth-order valence-corrected chi connectivity index (χ4v) is 2.46. The van der Waals surface area contributed by atoms with Crippen LogP contribution in [0.15, 0.2) is 48.5 Å². The Bertz CT molecular complexity index is 730. The van der Waals surface area contributed by atoms with E-state index in [1.54, 1.807) is 24.3 Å². The number of hydrogen-bond acceptors (Lipinski definition) is 3. The molecule has 0 unspecified atom stereocenters. The average Bonchev–Trinajstić information content (AvgIpc) is 2.60. The zero-order valence-electron chi connectivity index (χ0n) is 14.4. The monoisotopic (exact) mass is 359 g/mol. The number of benzene rings is 2. The first-order valence-electron chi connectivity index (χ1n) is 8.07. The number of nitrogens with one attached hydrogen (secondary N) is 2. The number of nitrogens with zero attached hydrogens (tertiary/aromatic N) is 1. The highest BCUT2D eigenvalue weighted by atomic mass is 35.5. The molecule has 0 aromatic heterocycles. The van der Waals surface area contributed by atoms with E-state index in [0.29, 0.717) is 17.3 Å². The van der Waals surface area contributed by atoms with Crippen LogP contribution >= 0.6 is 11.6 Å². The lowest BCUT2D eigenvalue weighted by molar-refractivity contribution is -0.136. The fraction of sp³-hybridized carbons (Fsp3) is 0.263. The number of carbonyl (C=O) groups excluding carboxylic acids is 2. The Balaban J connectivity index is 1.73. The summed E-state index contributed by atoms with van der Waals surface area (Å²) in [5, 5.41) is 5.51. The molecule has 0 bridgehead atoms.